The Morgan fingerprint density at radius 2 is 1.72 bits per heavy atom. The van der Waals surface area contributed by atoms with Crippen LogP contribution in [0.2, 0.25) is 0 Å². The number of nitrogens with zero attached hydrogens (tertiary/aromatic N) is 4. The van der Waals surface area contributed by atoms with Crippen molar-refractivity contribution in [1.29, 1.82) is 0 Å². The first-order chi connectivity index (χ1) is 29.4. The van der Waals surface area contributed by atoms with Crippen LogP contribution in [0, 0.1) is 0 Å². The lowest BCUT2D eigenvalue weighted by atomic mass is 10.0. The van der Waals surface area contributed by atoms with Gasteiger partial charge in [-0.1, -0.05) is 49.9 Å². The van der Waals surface area contributed by atoms with E-state index in [-0.39, 0.29) is 48.6 Å². The van der Waals surface area contributed by atoms with Gasteiger partial charge in [-0.25, -0.2) is 17.7 Å². The fourth-order valence-corrected chi connectivity index (χ4v) is 9.75. The van der Waals surface area contributed by atoms with E-state index in [2.05, 4.69) is 52.5 Å². The van der Waals surface area contributed by atoms with Crippen LogP contribution >= 0.6 is 15.9 Å². The van der Waals surface area contributed by atoms with Crippen LogP contribution < -0.4 is 31.3 Å². The molecular formula is C41H50BrN9O9S. The topological polar surface area (TPSA) is 241 Å². The maximum absolute atomic E-state index is 13.3. The molecule has 2 unspecified atom stereocenters. The number of benzene rings is 2. The van der Waals surface area contributed by atoms with Crippen molar-refractivity contribution in [3.8, 4) is 5.75 Å². The van der Waals surface area contributed by atoms with Crippen molar-refractivity contribution in [2.75, 3.05) is 42.6 Å². The number of nitrogens with one attached hydrogen (secondary N) is 5. The smallest absolute Gasteiger partial charge is 0.261 e. The summed E-state index contributed by atoms with van der Waals surface area (Å²) in [6, 6.07) is 9.59. The molecule has 326 valence electrons. The molecule has 2 aromatic carbocycles. The minimum atomic E-state index is -3.56. The van der Waals surface area contributed by atoms with Gasteiger partial charge in [0, 0.05) is 56.8 Å². The third-order valence-corrected chi connectivity index (χ3v) is 13.8. The Labute approximate surface area is 362 Å². The molecule has 18 nitrogen and oxygen atoms in total. The molecule has 2 saturated heterocycles. The molecule has 2 atom stereocenters. The first kappa shape index (κ1) is 43.9. The Morgan fingerprint density at radius 1 is 0.967 bits per heavy atom. The summed E-state index contributed by atoms with van der Waals surface area (Å²) < 4.78 is 34.2. The van der Waals surface area contributed by atoms with Gasteiger partial charge in [0.2, 0.25) is 33.7 Å². The summed E-state index contributed by atoms with van der Waals surface area (Å²) in [4.78, 5) is 72.2. The molecule has 5 heterocycles. The number of amides is 5. The summed E-state index contributed by atoms with van der Waals surface area (Å²) in [7, 11) is -3.56. The normalized spacial score (nSPS) is 19.3. The van der Waals surface area contributed by atoms with E-state index in [4.69, 9.17) is 4.74 Å². The average Bonchev–Trinajstić information content (AvgIpc) is 3.74. The van der Waals surface area contributed by atoms with Crippen LogP contribution in [0.1, 0.15) is 109 Å². The van der Waals surface area contributed by atoms with Crippen LogP contribution in [-0.4, -0.2) is 106 Å². The van der Waals surface area contributed by atoms with E-state index in [0.717, 1.165) is 42.6 Å². The SMILES string of the molecule is O=C(CCCCCCCCOc1cccc2c1C(=O)N(C1CCC(=O)NC1=O)C2O)NCCS(=O)(=O)N1CCC(Nc2ncc(Br)c(Nc3cccc4c3C(=O)NC4)n2)CC1. The molecule has 20 heteroatoms. The van der Waals surface area contributed by atoms with Crippen LogP contribution in [0.3, 0.4) is 0 Å². The van der Waals surface area contributed by atoms with E-state index in [1.54, 1.807) is 24.4 Å². The molecule has 7 rings (SSSR count). The highest BCUT2D eigenvalue weighted by Gasteiger charge is 2.45. The maximum Gasteiger partial charge on any atom is 0.261 e. The highest BCUT2D eigenvalue weighted by Crippen LogP contribution is 2.40. The quantitative estimate of drug-likeness (QED) is 0.0745. The summed E-state index contributed by atoms with van der Waals surface area (Å²) in [6.07, 6.45) is 6.95. The van der Waals surface area contributed by atoms with E-state index >= 15 is 0 Å². The molecule has 4 aliphatic rings. The number of sulfonamides is 1. The van der Waals surface area contributed by atoms with Crippen LogP contribution in [0.4, 0.5) is 17.5 Å². The average molecular weight is 925 g/mol. The first-order valence-electron chi connectivity index (χ1n) is 20.7. The molecule has 0 radical (unpaired) electrons. The lowest BCUT2D eigenvalue weighted by Crippen LogP contribution is -2.53. The van der Waals surface area contributed by atoms with Gasteiger partial charge in [-0.15, -0.1) is 0 Å². The molecule has 3 aromatic rings. The van der Waals surface area contributed by atoms with Gasteiger partial charge in [0.1, 0.15) is 17.6 Å². The Kier molecular flexibility index (Phi) is 14.2. The number of hydrogen-bond acceptors (Lipinski definition) is 13. The summed E-state index contributed by atoms with van der Waals surface area (Å²) in [5, 5.41) is 25.2. The van der Waals surface area contributed by atoms with Crippen LogP contribution in [0.5, 0.6) is 5.75 Å². The van der Waals surface area contributed by atoms with Crippen molar-refractivity contribution in [1.82, 2.24) is 35.1 Å². The number of carbonyl (C=O) groups is 5. The summed E-state index contributed by atoms with van der Waals surface area (Å²) in [5.41, 5.74) is 2.73. The summed E-state index contributed by atoms with van der Waals surface area (Å²) in [5.74, 6) is -0.797. The molecule has 4 aliphatic heterocycles. The Hall–Kier alpha value is -5.18. The Balaban J connectivity index is 0.741. The summed E-state index contributed by atoms with van der Waals surface area (Å²) in [6.45, 7) is 1.54. The van der Waals surface area contributed by atoms with Gasteiger partial charge in [-0.3, -0.25) is 34.2 Å². The highest BCUT2D eigenvalue weighted by molar-refractivity contribution is 9.10. The second-order valence-corrected chi connectivity index (χ2v) is 18.5. The number of ether oxygens (including phenoxy) is 1. The fraction of sp³-hybridized carbons (Fsp3) is 0.488. The largest absolute Gasteiger partial charge is 0.493 e. The van der Waals surface area contributed by atoms with Gasteiger partial charge in [0.15, 0.2) is 6.23 Å². The highest BCUT2D eigenvalue weighted by atomic mass is 79.9. The van der Waals surface area contributed by atoms with E-state index < -0.39 is 40.0 Å². The van der Waals surface area contributed by atoms with Crippen LogP contribution in [-0.2, 0) is 31.0 Å². The van der Waals surface area contributed by atoms with E-state index in [9.17, 15) is 37.5 Å². The number of halogens is 1. The molecule has 61 heavy (non-hydrogen) atoms. The number of imide groups is 1. The molecule has 0 aliphatic carbocycles. The van der Waals surface area contributed by atoms with Crippen molar-refractivity contribution in [2.24, 2.45) is 0 Å². The number of hydrogen-bond donors (Lipinski definition) is 6. The van der Waals surface area contributed by atoms with E-state index in [0.29, 0.717) is 90.7 Å². The third kappa shape index (κ3) is 10.5. The van der Waals surface area contributed by atoms with Crippen LogP contribution in [0.15, 0.2) is 47.1 Å². The standard InChI is InChI=1S/C41H50BrN9O9S/c42-28-24-45-41(49-36(28)47-29-11-7-9-25-23-44-38(55)34(25)29)46-26-16-19-50(20-17-26)61(58,59)22-18-43-32(52)13-5-3-1-2-4-6-21-60-31-12-8-10-27-35(31)40(57)51(39(27)56)30-14-15-33(53)48-37(30)54/h7-12,24,26,30,39,56H,1-6,13-23H2,(H,43,52)(H,44,55)(H,48,53,54)(H2,45,46,47,49). The zero-order valence-electron chi connectivity index (χ0n) is 33.6. The van der Waals surface area contributed by atoms with Gasteiger partial charge >= 0.3 is 0 Å². The Morgan fingerprint density at radius 3 is 2.51 bits per heavy atom. The van der Waals surface area contributed by atoms with E-state index in [1.807, 2.05) is 18.2 Å². The zero-order chi connectivity index (χ0) is 43.1. The van der Waals surface area contributed by atoms with Gasteiger partial charge < -0.3 is 31.1 Å². The lowest BCUT2D eigenvalue weighted by molar-refractivity contribution is -0.139. The van der Waals surface area contributed by atoms with Gasteiger partial charge in [-0.2, -0.15) is 4.98 Å². The van der Waals surface area contributed by atoms with Crippen molar-refractivity contribution in [2.45, 2.75) is 95.5 Å². The monoisotopic (exact) mass is 923 g/mol. The number of anilines is 3. The second kappa shape index (κ2) is 19.7. The van der Waals surface area contributed by atoms with E-state index in [1.165, 1.54) is 4.31 Å². The number of fused-ring (bicyclic) bond motifs is 2. The predicted molar refractivity (Wildman–Crippen MR) is 227 cm³/mol. The van der Waals surface area contributed by atoms with Crippen LogP contribution in [0.25, 0.3) is 0 Å². The number of aliphatic hydroxyl groups excluding tert-OH is 1. The molecular weight excluding hydrogens is 874 g/mol. The molecule has 0 bridgehead atoms. The number of rotatable bonds is 19. The minimum Gasteiger partial charge on any atom is -0.493 e. The predicted octanol–water partition coefficient (Wildman–Crippen LogP) is 3.61. The number of piperidine rings is 2. The second-order valence-electron chi connectivity index (χ2n) is 15.5. The molecule has 6 N–H and O–H groups in total. The van der Waals surface area contributed by atoms with Crippen molar-refractivity contribution < 1.29 is 42.2 Å². The number of aromatic nitrogens is 2. The molecule has 0 saturated carbocycles. The maximum atomic E-state index is 13.3. The minimum absolute atomic E-state index is 0.0399. The summed E-state index contributed by atoms with van der Waals surface area (Å²) >= 11 is 3.48. The Bertz CT molecular complexity index is 2270. The number of unbranched alkanes of at least 4 members (excludes halogenated alkanes) is 5. The van der Waals surface area contributed by atoms with Gasteiger partial charge in [0.25, 0.3) is 11.8 Å². The van der Waals surface area contributed by atoms with Crippen molar-refractivity contribution in [3.05, 3.63) is 69.3 Å². The molecule has 2 fully saturated rings. The zero-order valence-corrected chi connectivity index (χ0v) is 36.0. The first-order valence-corrected chi connectivity index (χ1v) is 23.1. The lowest BCUT2D eigenvalue weighted by Gasteiger charge is -2.31. The van der Waals surface area contributed by atoms with Gasteiger partial charge in [0.05, 0.1) is 33.6 Å². The molecule has 5 amide bonds. The fourth-order valence-electron chi connectivity index (χ4n) is 8.07. The molecule has 0 spiro atoms. The third-order valence-electron chi connectivity index (χ3n) is 11.3. The number of carbonyl (C=O) groups excluding carboxylic acids is 5. The van der Waals surface area contributed by atoms with Gasteiger partial charge in [-0.05, 0) is 65.7 Å². The van der Waals surface area contributed by atoms with Crippen molar-refractivity contribution in [3.63, 3.8) is 0 Å². The van der Waals surface area contributed by atoms with Crippen molar-refractivity contribution >= 4 is 72.9 Å². The molecule has 1 aromatic heterocycles. The number of aliphatic hydroxyl groups is 1.